The molecule has 0 spiro atoms. The summed E-state index contributed by atoms with van der Waals surface area (Å²) in [5.41, 5.74) is 0. The highest BCUT2D eigenvalue weighted by atomic mass is 16.8. The Morgan fingerprint density at radius 3 is 2.60 bits per heavy atom. The van der Waals surface area contributed by atoms with Crippen molar-refractivity contribution in [1.82, 2.24) is 0 Å². The monoisotopic (exact) mass is 214 g/mol. The molecule has 1 unspecified atom stereocenters. The summed E-state index contributed by atoms with van der Waals surface area (Å²) in [6, 6.07) is 0. The lowest BCUT2D eigenvalue weighted by Gasteiger charge is -2.22. The van der Waals surface area contributed by atoms with Crippen LogP contribution in [0.15, 0.2) is 0 Å². The lowest BCUT2D eigenvalue weighted by atomic mass is 9.98. The Morgan fingerprint density at radius 1 is 1.27 bits per heavy atom. The minimum absolute atomic E-state index is 0.00875. The van der Waals surface area contributed by atoms with Crippen LogP contribution in [0.1, 0.15) is 32.1 Å². The quantitative estimate of drug-likeness (QED) is 0.650. The fourth-order valence-electron chi connectivity index (χ4n) is 1.87. The van der Waals surface area contributed by atoms with E-state index in [2.05, 4.69) is 9.47 Å². The van der Waals surface area contributed by atoms with Gasteiger partial charge >= 0.3 is 12.1 Å². The minimum atomic E-state index is -0.862. The maximum Gasteiger partial charge on any atom is 0.509 e. The lowest BCUT2D eigenvalue weighted by Crippen LogP contribution is -2.30. The largest absolute Gasteiger partial charge is 0.509 e. The molecule has 1 saturated heterocycles. The Balaban J connectivity index is 1.78. The predicted octanol–water partition coefficient (Wildman–Crippen LogP) is 1.40. The van der Waals surface area contributed by atoms with Crippen LogP contribution >= 0.6 is 0 Å². The van der Waals surface area contributed by atoms with E-state index in [0.29, 0.717) is 0 Å². The molecule has 1 atom stereocenters. The third-order valence-corrected chi connectivity index (χ3v) is 2.69. The highest BCUT2D eigenvalue weighted by molar-refractivity contribution is 5.79. The van der Waals surface area contributed by atoms with E-state index >= 15 is 0 Å². The molecule has 0 amide bonds. The molecule has 2 fully saturated rings. The van der Waals surface area contributed by atoms with Crippen LogP contribution in [0.3, 0.4) is 0 Å². The minimum Gasteiger partial charge on any atom is -0.460 e. The van der Waals surface area contributed by atoms with Crippen molar-refractivity contribution in [2.24, 2.45) is 0 Å². The van der Waals surface area contributed by atoms with Crippen LogP contribution in [0.5, 0.6) is 0 Å². The van der Waals surface area contributed by atoms with Crippen LogP contribution in [0, 0.1) is 0 Å². The predicted molar refractivity (Wildman–Crippen MR) is 49.2 cm³/mol. The fourth-order valence-corrected chi connectivity index (χ4v) is 1.87. The molecular weight excluding hydrogens is 200 g/mol. The second-order valence-corrected chi connectivity index (χ2v) is 3.86. The van der Waals surface area contributed by atoms with Gasteiger partial charge in [0.25, 0.3) is 0 Å². The number of cyclic esters (lactones) is 2. The van der Waals surface area contributed by atoms with Crippen LogP contribution in [0.2, 0.25) is 0 Å². The number of ether oxygens (including phenoxy) is 3. The van der Waals surface area contributed by atoms with Gasteiger partial charge in [-0.15, -0.1) is 0 Å². The normalized spacial score (nSPS) is 26.9. The van der Waals surface area contributed by atoms with Crippen molar-refractivity contribution in [1.29, 1.82) is 0 Å². The molecule has 0 N–H and O–H groups in total. The maximum absolute atomic E-state index is 11.5. The van der Waals surface area contributed by atoms with Gasteiger partial charge < -0.3 is 14.2 Å². The molecule has 1 aliphatic carbocycles. The first-order valence-electron chi connectivity index (χ1n) is 5.29. The van der Waals surface area contributed by atoms with Crippen LogP contribution in [-0.2, 0) is 19.0 Å². The Morgan fingerprint density at radius 2 is 2.00 bits per heavy atom. The summed E-state index contributed by atoms with van der Waals surface area (Å²) in [6.45, 7) is -0.0234. The van der Waals surface area contributed by atoms with Crippen molar-refractivity contribution >= 4 is 12.1 Å². The van der Waals surface area contributed by atoms with Gasteiger partial charge in [-0.05, 0) is 25.7 Å². The standard InChI is InChI=1S/C10H14O5/c11-9(8-6-13-10(12)15-8)14-7-4-2-1-3-5-7/h7-8H,1-6H2. The van der Waals surface area contributed by atoms with Gasteiger partial charge in [-0.2, -0.15) is 0 Å². The molecule has 5 heteroatoms. The Hall–Kier alpha value is -1.26. The van der Waals surface area contributed by atoms with E-state index in [9.17, 15) is 9.59 Å². The summed E-state index contributed by atoms with van der Waals surface area (Å²) in [4.78, 5) is 22.1. The third kappa shape index (κ3) is 2.61. The Labute approximate surface area is 87.7 Å². The SMILES string of the molecule is O=C1OCC(C(=O)OC2CCCCC2)O1. The smallest absolute Gasteiger partial charge is 0.460 e. The van der Waals surface area contributed by atoms with Gasteiger partial charge in [0.1, 0.15) is 12.7 Å². The van der Waals surface area contributed by atoms with E-state index in [1.54, 1.807) is 0 Å². The molecule has 84 valence electrons. The van der Waals surface area contributed by atoms with E-state index in [0.717, 1.165) is 25.7 Å². The average molecular weight is 214 g/mol. The average Bonchev–Trinajstić information content (AvgIpc) is 2.66. The van der Waals surface area contributed by atoms with E-state index in [1.807, 2.05) is 0 Å². The molecule has 0 radical (unpaired) electrons. The molecule has 5 nitrogen and oxygen atoms in total. The summed E-state index contributed by atoms with van der Waals surface area (Å²) in [7, 11) is 0. The zero-order valence-electron chi connectivity index (χ0n) is 8.44. The summed E-state index contributed by atoms with van der Waals surface area (Å²) < 4.78 is 14.4. The fraction of sp³-hybridized carbons (Fsp3) is 0.800. The zero-order valence-corrected chi connectivity index (χ0v) is 8.44. The molecule has 1 aliphatic heterocycles. The summed E-state index contributed by atoms with van der Waals surface area (Å²) in [5.74, 6) is -0.479. The molecule has 0 aromatic carbocycles. The third-order valence-electron chi connectivity index (χ3n) is 2.69. The first-order valence-corrected chi connectivity index (χ1v) is 5.29. The number of esters is 1. The summed E-state index contributed by atoms with van der Waals surface area (Å²) >= 11 is 0. The van der Waals surface area contributed by atoms with Crippen molar-refractivity contribution < 1.29 is 23.8 Å². The van der Waals surface area contributed by atoms with E-state index in [4.69, 9.17) is 4.74 Å². The molecule has 15 heavy (non-hydrogen) atoms. The molecule has 1 heterocycles. The first kappa shape index (κ1) is 10.3. The molecule has 2 aliphatic rings. The van der Waals surface area contributed by atoms with Crippen molar-refractivity contribution in [2.75, 3.05) is 6.61 Å². The molecular formula is C10H14O5. The maximum atomic E-state index is 11.5. The molecule has 1 saturated carbocycles. The number of rotatable bonds is 2. The summed E-state index contributed by atoms with van der Waals surface area (Å²) in [6.07, 6.45) is 3.55. The topological polar surface area (TPSA) is 61.8 Å². The highest BCUT2D eigenvalue weighted by Crippen LogP contribution is 2.21. The molecule has 0 bridgehead atoms. The lowest BCUT2D eigenvalue weighted by molar-refractivity contribution is -0.158. The van der Waals surface area contributed by atoms with Crippen LogP contribution < -0.4 is 0 Å². The molecule has 2 rings (SSSR count). The van der Waals surface area contributed by atoms with Crippen LogP contribution in [0.25, 0.3) is 0 Å². The van der Waals surface area contributed by atoms with Crippen LogP contribution in [-0.4, -0.2) is 30.9 Å². The number of hydrogen-bond donors (Lipinski definition) is 0. The second kappa shape index (κ2) is 4.51. The van der Waals surface area contributed by atoms with Gasteiger partial charge in [0.15, 0.2) is 0 Å². The van der Waals surface area contributed by atoms with E-state index < -0.39 is 18.2 Å². The number of carbonyl (C=O) groups excluding carboxylic acids is 2. The van der Waals surface area contributed by atoms with E-state index in [1.165, 1.54) is 6.42 Å². The van der Waals surface area contributed by atoms with Gasteiger partial charge in [0.05, 0.1) is 0 Å². The van der Waals surface area contributed by atoms with Crippen molar-refractivity contribution in [3.8, 4) is 0 Å². The summed E-state index contributed by atoms with van der Waals surface area (Å²) in [5, 5.41) is 0. The zero-order chi connectivity index (χ0) is 10.7. The highest BCUT2D eigenvalue weighted by Gasteiger charge is 2.34. The van der Waals surface area contributed by atoms with Gasteiger partial charge in [-0.25, -0.2) is 9.59 Å². The second-order valence-electron chi connectivity index (χ2n) is 3.86. The van der Waals surface area contributed by atoms with Crippen molar-refractivity contribution in [2.45, 2.75) is 44.3 Å². The van der Waals surface area contributed by atoms with Crippen molar-refractivity contribution in [3.05, 3.63) is 0 Å². The van der Waals surface area contributed by atoms with Gasteiger partial charge in [0, 0.05) is 0 Å². The van der Waals surface area contributed by atoms with Gasteiger partial charge in [-0.1, -0.05) is 6.42 Å². The van der Waals surface area contributed by atoms with Crippen molar-refractivity contribution in [3.63, 3.8) is 0 Å². The van der Waals surface area contributed by atoms with Crippen LogP contribution in [0.4, 0.5) is 4.79 Å². The number of carbonyl (C=O) groups is 2. The first-order chi connectivity index (χ1) is 7.25. The van der Waals surface area contributed by atoms with Gasteiger partial charge in [0.2, 0.25) is 6.10 Å². The molecule has 0 aromatic heterocycles. The van der Waals surface area contributed by atoms with E-state index in [-0.39, 0.29) is 12.7 Å². The Kier molecular flexibility index (Phi) is 3.08. The molecule has 0 aromatic rings. The number of hydrogen-bond acceptors (Lipinski definition) is 5. The van der Waals surface area contributed by atoms with Gasteiger partial charge in [-0.3, -0.25) is 0 Å². The Bertz CT molecular complexity index is 257.